The Kier molecular flexibility index (Phi) is 6.95. The lowest BCUT2D eigenvalue weighted by Gasteiger charge is -2.13. The Morgan fingerprint density at radius 1 is 0.350 bits per heavy atom. The first-order valence-electron chi connectivity index (χ1n) is 20.3. The highest BCUT2D eigenvalue weighted by molar-refractivity contribution is 6.20. The van der Waals surface area contributed by atoms with Crippen LogP contribution >= 0.6 is 0 Å². The summed E-state index contributed by atoms with van der Waals surface area (Å²) in [7, 11) is 0. The maximum atomic E-state index is 6.61. The summed E-state index contributed by atoms with van der Waals surface area (Å²) in [5.74, 6) is 1.77. The minimum Gasteiger partial charge on any atom is -0.456 e. The Morgan fingerprint density at radius 3 is 1.62 bits per heavy atom. The maximum absolute atomic E-state index is 6.61. The Bertz CT molecular complexity index is 3820. The van der Waals surface area contributed by atoms with Crippen LogP contribution in [0.1, 0.15) is 0 Å². The smallest absolute Gasteiger partial charge is 0.238 e. The van der Waals surface area contributed by atoms with E-state index in [0.29, 0.717) is 17.6 Å². The molecule has 13 rings (SSSR count). The van der Waals surface area contributed by atoms with Gasteiger partial charge in [0.05, 0.1) is 11.0 Å². The van der Waals surface area contributed by atoms with Gasteiger partial charge >= 0.3 is 0 Å². The van der Waals surface area contributed by atoms with Crippen molar-refractivity contribution in [3.63, 3.8) is 0 Å². The van der Waals surface area contributed by atoms with Crippen LogP contribution in [0.5, 0.6) is 0 Å². The molecule has 0 unspecified atom stereocenters. The quantitative estimate of drug-likeness (QED) is 0.179. The minimum absolute atomic E-state index is 0.551. The Labute approximate surface area is 343 Å². The van der Waals surface area contributed by atoms with Crippen molar-refractivity contribution in [2.24, 2.45) is 0 Å². The third-order valence-corrected chi connectivity index (χ3v) is 12.2. The number of furan rings is 1. The van der Waals surface area contributed by atoms with Crippen LogP contribution in [0.2, 0.25) is 0 Å². The van der Waals surface area contributed by atoms with Crippen LogP contribution in [0.4, 0.5) is 0 Å². The number of fused-ring (bicyclic) bond motifs is 11. The average Bonchev–Trinajstić information content (AvgIpc) is 3.85. The lowest BCUT2D eigenvalue weighted by molar-refractivity contribution is 0.669. The molecule has 0 saturated heterocycles. The Morgan fingerprint density at radius 2 is 0.917 bits per heavy atom. The summed E-state index contributed by atoms with van der Waals surface area (Å²) in [4.78, 5) is 16.0. The molecule has 3 aromatic heterocycles. The SMILES string of the molecule is c1ccc2cc(-c3nc(-c4ccc5ccccc5c4)nc(-n4c5cc6ccccc6cc5c5cccc(-c6ccc7c(c6)oc6ccc8ccccc8c67)c54)n3)ccc2c1. The van der Waals surface area contributed by atoms with E-state index >= 15 is 0 Å². The molecule has 0 N–H and O–H groups in total. The van der Waals surface area contributed by atoms with E-state index in [4.69, 9.17) is 19.4 Å². The van der Waals surface area contributed by atoms with Gasteiger partial charge in [0.1, 0.15) is 11.2 Å². The lowest BCUT2D eigenvalue weighted by Crippen LogP contribution is -2.07. The first-order valence-corrected chi connectivity index (χ1v) is 20.3. The summed E-state index contributed by atoms with van der Waals surface area (Å²) in [6, 6.07) is 68.7. The second-order valence-electron chi connectivity index (χ2n) is 15.6. The number of para-hydroxylation sites is 1. The molecular formula is C55H32N4O. The van der Waals surface area contributed by atoms with Gasteiger partial charge in [-0.3, -0.25) is 4.57 Å². The molecule has 0 amide bonds. The molecule has 0 radical (unpaired) electrons. The molecule has 0 atom stereocenters. The second-order valence-corrected chi connectivity index (χ2v) is 15.6. The fourth-order valence-corrected chi connectivity index (χ4v) is 9.29. The Balaban J connectivity index is 1.11. The first kappa shape index (κ1) is 32.9. The summed E-state index contributed by atoms with van der Waals surface area (Å²) in [6.45, 7) is 0. The van der Waals surface area contributed by atoms with Gasteiger partial charge in [-0.1, -0.05) is 152 Å². The molecule has 5 heteroatoms. The van der Waals surface area contributed by atoms with Gasteiger partial charge in [-0.05, 0) is 91.1 Å². The number of benzene rings is 10. The molecule has 0 aliphatic heterocycles. The summed E-state index contributed by atoms with van der Waals surface area (Å²) < 4.78 is 8.86. The zero-order chi connectivity index (χ0) is 39.3. The van der Waals surface area contributed by atoms with Crippen LogP contribution in [0, 0.1) is 0 Å². The summed E-state index contributed by atoms with van der Waals surface area (Å²) in [5, 5.41) is 13.8. The largest absolute Gasteiger partial charge is 0.456 e. The van der Waals surface area contributed by atoms with Crippen molar-refractivity contribution in [2.75, 3.05) is 0 Å². The van der Waals surface area contributed by atoms with Gasteiger partial charge in [-0.15, -0.1) is 0 Å². The summed E-state index contributed by atoms with van der Waals surface area (Å²) in [6.07, 6.45) is 0. The zero-order valence-corrected chi connectivity index (χ0v) is 32.2. The monoisotopic (exact) mass is 764 g/mol. The number of nitrogens with zero attached hydrogens (tertiary/aromatic N) is 4. The molecule has 13 aromatic rings. The maximum Gasteiger partial charge on any atom is 0.238 e. The van der Waals surface area contributed by atoms with Crippen LogP contribution < -0.4 is 0 Å². The van der Waals surface area contributed by atoms with Gasteiger partial charge in [-0.2, -0.15) is 9.97 Å². The molecule has 60 heavy (non-hydrogen) atoms. The fourth-order valence-electron chi connectivity index (χ4n) is 9.29. The Hall–Kier alpha value is -8.15. The van der Waals surface area contributed by atoms with Crippen molar-refractivity contribution in [1.29, 1.82) is 0 Å². The van der Waals surface area contributed by atoms with E-state index in [1.807, 2.05) is 0 Å². The van der Waals surface area contributed by atoms with Crippen LogP contribution in [0.15, 0.2) is 199 Å². The predicted octanol–water partition coefficient (Wildman–Crippen LogP) is 14.5. The van der Waals surface area contributed by atoms with E-state index in [2.05, 4.69) is 199 Å². The average molecular weight is 765 g/mol. The van der Waals surface area contributed by atoms with Gasteiger partial charge in [-0.25, -0.2) is 4.98 Å². The van der Waals surface area contributed by atoms with Crippen molar-refractivity contribution in [2.45, 2.75) is 0 Å². The highest BCUT2D eigenvalue weighted by atomic mass is 16.3. The fraction of sp³-hybridized carbons (Fsp3) is 0. The van der Waals surface area contributed by atoms with E-state index in [-0.39, 0.29) is 0 Å². The van der Waals surface area contributed by atoms with Gasteiger partial charge < -0.3 is 4.42 Å². The van der Waals surface area contributed by atoms with Crippen molar-refractivity contribution in [1.82, 2.24) is 19.5 Å². The van der Waals surface area contributed by atoms with E-state index in [0.717, 1.165) is 82.2 Å². The molecule has 0 bridgehead atoms. The van der Waals surface area contributed by atoms with Gasteiger partial charge in [0.15, 0.2) is 11.6 Å². The molecule has 5 nitrogen and oxygen atoms in total. The molecule has 0 spiro atoms. The van der Waals surface area contributed by atoms with Crippen molar-refractivity contribution < 1.29 is 4.42 Å². The van der Waals surface area contributed by atoms with Gasteiger partial charge in [0.2, 0.25) is 5.95 Å². The zero-order valence-electron chi connectivity index (χ0n) is 32.2. The predicted molar refractivity (Wildman–Crippen MR) is 248 cm³/mol. The van der Waals surface area contributed by atoms with E-state index in [1.165, 1.54) is 26.9 Å². The highest BCUT2D eigenvalue weighted by Crippen LogP contribution is 2.42. The topological polar surface area (TPSA) is 56.7 Å². The number of hydrogen-bond acceptors (Lipinski definition) is 4. The highest BCUT2D eigenvalue weighted by Gasteiger charge is 2.22. The van der Waals surface area contributed by atoms with Crippen molar-refractivity contribution in [3.8, 4) is 39.9 Å². The summed E-state index contributed by atoms with van der Waals surface area (Å²) >= 11 is 0. The van der Waals surface area contributed by atoms with Crippen LogP contribution in [0.3, 0.4) is 0 Å². The number of hydrogen-bond donors (Lipinski definition) is 0. The van der Waals surface area contributed by atoms with E-state index < -0.39 is 0 Å². The molecule has 0 fully saturated rings. The first-order chi connectivity index (χ1) is 29.7. The molecule has 0 aliphatic rings. The number of rotatable bonds is 4. The molecule has 278 valence electrons. The molecule has 10 aromatic carbocycles. The van der Waals surface area contributed by atoms with Crippen LogP contribution in [0.25, 0.3) is 127 Å². The third kappa shape index (κ3) is 5.03. The lowest BCUT2D eigenvalue weighted by atomic mass is 9.99. The molecule has 0 saturated carbocycles. The minimum atomic E-state index is 0.551. The van der Waals surface area contributed by atoms with Gasteiger partial charge in [0, 0.05) is 38.2 Å². The summed E-state index contributed by atoms with van der Waals surface area (Å²) in [5.41, 5.74) is 7.72. The van der Waals surface area contributed by atoms with Crippen LogP contribution in [-0.2, 0) is 0 Å². The van der Waals surface area contributed by atoms with Crippen LogP contribution in [-0.4, -0.2) is 19.5 Å². The third-order valence-electron chi connectivity index (χ3n) is 12.2. The number of aromatic nitrogens is 4. The van der Waals surface area contributed by atoms with Crippen molar-refractivity contribution in [3.05, 3.63) is 194 Å². The van der Waals surface area contributed by atoms with Gasteiger partial charge in [0.25, 0.3) is 0 Å². The van der Waals surface area contributed by atoms with Crippen molar-refractivity contribution >= 4 is 86.8 Å². The molecule has 0 aliphatic carbocycles. The van der Waals surface area contributed by atoms with E-state index in [9.17, 15) is 0 Å². The normalized spacial score (nSPS) is 12.0. The standard InChI is InChI=1S/C55H32N4O/c1-3-13-36-28-41(22-20-33(36)10-1)53-56-54(42-23-21-34-11-2-4-14-37(34)29-42)58-55(57-53)59-48-31-39-16-6-5-15-38(39)30-47(48)45-19-9-18-44(52(45)59)40-24-26-46-50(32-40)60-49-27-25-35-12-7-8-17-43(35)51(46)49/h1-32H. The second kappa shape index (κ2) is 12.7. The molecule has 3 heterocycles. The molecular weight excluding hydrogens is 733 g/mol. The van der Waals surface area contributed by atoms with E-state index in [1.54, 1.807) is 0 Å².